The van der Waals surface area contributed by atoms with Crippen molar-refractivity contribution in [2.24, 2.45) is 5.92 Å². The molecule has 0 N–H and O–H groups in total. The zero-order chi connectivity index (χ0) is 14.9. The van der Waals surface area contributed by atoms with Gasteiger partial charge in [-0.1, -0.05) is 6.92 Å². The molecule has 1 saturated heterocycles. The van der Waals surface area contributed by atoms with Gasteiger partial charge in [-0.2, -0.15) is 0 Å². The van der Waals surface area contributed by atoms with Crippen LogP contribution in [0.5, 0.6) is 5.75 Å². The molecule has 4 nitrogen and oxygen atoms in total. The molecule has 0 saturated carbocycles. The van der Waals surface area contributed by atoms with Crippen molar-refractivity contribution in [1.29, 1.82) is 0 Å². The first kappa shape index (κ1) is 15.3. The van der Waals surface area contributed by atoms with Crippen LogP contribution >= 0.6 is 15.9 Å². The Morgan fingerprint density at radius 1 is 1.40 bits per heavy atom. The molecule has 2 rings (SSSR count). The van der Waals surface area contributed by atoms with Crippen molar-refractivity contribution in [1.82, 2.24) is 9.80 Å². The largest absolute Gasteiger partial charge is 0.496 e. The highest BCUT2D eigenvalue weighted by molar-refractivity contribution is 9.10. The Morgan fingerprint density at radius 3 is 2.60 bits per heavy atom. The molecule has 1 fully saturated rings. The second-order valence-corrected chi connectivity index (χ2v) is 6.42. The number of nitrogens with zero attached hydrogens (tertiary/aromatic N) is 2. The average Bonchev–Trinajstić information content (AvgIpc) is 2.80. The van der Waals surface area contributed by atoms with E-state index in [4.69, 9.17) is 4.74 Å². The summed E-state index contributed by atoms with van der Waals surface area (Å²) >= 11 is 3.43. The maximum atomic E-state index is 12.6. The van der Waals surface area contributed by atoms with Crippen LogP contribution in [-0.4, -0.2) is 56.0 Å². The van der Waals surface area contributed by atoms with Crippen molar-refractivity contribution < 1.29 is 9.53 Å². The van der Waals surface area contributed by atoms with Crippen LogP contribution in [0.2, 0.25) is 0 Å². The van der Waals surface area contributed by atoms with Gasteiger partial charge in [-0.15, -0.1) is 0 Å². The third kappa shape index (κ3) is 2.99. The Morgan fingerprint density at radius 2 is 2.10 bits per heavy atom. The van der Waals surface area contributed by atoms with Gasteiger partial charge < -0.3 is 14.5 Å². The van der Waals surface area contributed by atoms with E-state index >= 15 is 0 Å². The van der Waals surface area contributed by atoms with Crippen LogP contribution < -0.4 is 4.74 Å². The SMILES string of the molecule is COc1ccc(C(=O)N2CC(C)C(N(C)C)C2)cc1Br. The summed E-state index contributed by atoms with van der Waals surface area (Å²) in [7, 11) is 5.75. The van der Waals surface area contributed by atoms with E-state index in [1.165, 1.54) is 0 Å². The molecule has 1 aliphatic rings. The zero-order valence-corrected chi connectivity index (χ0v) is 14.0. The Hall–Kier alpha value is -1.07. The minimum Gasteiger partial charge on any atom is -0.496 e. The fourth-order valence-corrected chi connectivity index (χ4v) is 3.31. The maximum Gasteiger partial charge on any atom is 0.253 e. The molecule has 1 aliphatic heterocycles. The van der Waals surface area contributed by atoms with Gasteiger partial charge in [-0.05, 0) is 54.1 Å². The van der Waals surface area contributed by atoms with Gasteiger partial charge in [-0.3, -0.25) is 4.79 Å². The predicted molar refractivity (Wildman–Crippen MR) is 83.2 cm³/mol. The zero-order valence-electron chi connectivity index (χ0n) is 12.4. The molecule has 110 valence electrons. The van der Waals surface area contributed by atoms with Crippen LogP contribution in [0.1, 0.15) is 17.3 Å². The third-order valence-corrected chi connectivity index (χ3v) is 4.54. The van der Waals surface area contributed by atoms with E-state index in [0.717, 1.165) is 23.3 Å². The van der Waals surface area contributed by atoms with E-state index in [0.29, 0.717) is 17.5 Å². The lowest BCUT2D eigenvalue weighted by molar-refractivity contribution is 0.0781. The highest BCUT2D eigenvalue weighted by Gasteiger charge is 2.34. The predicted octanol–water partition coefficient (Wildman–Crippen LogP) is 2.48. The van der Waals surface area contributed by atoms with E-state index in [9.17, 15) is 4.79 Å². The number of carbonyl (C=O) groups excluding carboxylic acids is 1. The van der Waals surface area contributed by atoms with Crippen LogP contribution in [0, 0.1) is 5.92 Å². The highest BCUT2D eigenvalue weighted by Crippen LogP contribution is 2.27. The van der Waals surface area contributed by atoms with Crippen LogP contribution in [0.3, 0.4) is 0 Å². The summed E-state index contributed by atoms with van der Waals surface area (Å²) in [5.41, 5.74) is 0.698. The fraction of sp³-hybridized carbons (Fsp3) is 0.533. The second kappa shape index (κ2) is 6.14. The van der Waals surface area contributed by atoms with Gasteiger partial charge in [0.1, 0.15) is 5.75 Å². The summed E-state index contributed by atoms with van der Waals surface area (Å²) < 4.78 is 6.00. The smallest absolute Gasteiger partial charge is 0.253 e. The lowest BCUT2D eigenvalue weighted by Crippen LogP contribution is -2.35. The number of amides is 1. The number of ether oxygens (including phenoxy) is 1. The second-order valence-electron chi connectivity index (χ2n) is 5.57. The van der Waals surface area contributed by atoms with E-state index < -0.39 is 0 Å². The Kier molecular flexibility index (Phi) is 4.70. The van der Waals surface area contributed by atoms with Crippen molar-refractivity contribution in [2.75, 3.05) is 34.3 Å². The summed E-state index contributed by atoms with van der Waals surface area (Å²) in [6.45, 7) is 3.80. The number of benzene rings is 1. The van der Waals surface area contributed by atoms with E-state index in [2.05, 4.69) is 41.8 Å². The molecular formula is C15H21BrN2O2. The summed E-state index contributed by atoms with van der Waals surface area (Å²) in [5.74, 6) is 1.32. The molecule has 0 aromatic heterocycles. The number of hydrogen-bond acceptors (Lipinski definition) is 3. The molecule has 0 aliphatic carbocycles. The number of halogens is 1. The van der Waals surface area contributed by atoms with E-state index in [1.54, 1.807) is 7.11 Å². The lowest BCUT2D eigenvalue weighted by Gasteiger charge is -2.22. The standard InChI is InChI=1S/C15H21BrN2O2/c1-10-8-18(9-13(10)17(2)3)15(19)11-5-6-14(20-4)12(16)7-11/h5-7,10,13H,8-9H2,1-4H3. The Balaban J connectivity index is 2.14. The van der Waals surface area contributed by atoms with Gasteiger partial charge in [0, 0.05) is 24.7 Å². The molecule has 1 amide bonds. The monoisotopic (exact) mass is 340 g/mol. The number of methoxy groups -OCH3 is 1. The fourth-order valence-electron chi connectivity index (χ4n) is 2.77. The van der Waals surface area contributed by atoms with Gasteiger partial charge in [0.25, 0.3) is 5.91 Å². The highest BCUT2D eigenvalue weighted by atomic mass is 79.9. The summed E-state index contributed by atoms with van der Waals surface area (Å²) in [6.07, 6.45) is 0. The molecule has 0 spiro atoms. The molecule has 0 bridgehead atoms. The number of carbonyl (C=O) groups is 1. The summed E-state index contributed by atoms with van der Waals surface area (Å²) in [6, 6.07) is 5.90. The van der Waals surface area contributed by atoms with Crippen LogP contribution in [0.4, 0.5) is 0 Å². The third-order valence-electron chi connectivity index (χ3n) is 3.92. The van der Waals surface area contributed by atoms with Crippen molar-refractivity contribution in [3.63, 3.8) is 0 Å². The molecule has 2 unspecified atom stereocenters. The Labute approximate surface area is 128 Å². The number of rotatable bonds is 3. The van der Waals surface area contributed by atoms with Crippen molar-refractivity contribution in [2.45, 2.75) is 13.0 Å². The number of likely N-dealkylation sites (N-methyl/N-ethyl adjacent to an activating group) is 1. The van der Waals surface area contributed by atoms with Gasteiger partial charge in [0.2, 0.25) is 0 Å². The molecule has 1 heterocycles. The van der Waals surface area contributed by atoms with Crippen molar-refractivity contribution >= 4 is 21.8 Å². The van der Waals surface area contributed by atoms with E-state index in [-0.39, 0.29) is 5.91 Å². The van der Waals surface area contributed by atoms with Crippen LogP contribution in [-0.2, 0) is 0 Å². The van der Waals surface area contributed by atoms with Crippen LogP contribution in [0.25, 0.3) is 0 Å². The minimum absolute atomic E-state index is 0.0875. The van der Waals surface area contributed by atoms with Gasteiger partial charge in [0.05, 0.1) is 11.6 Å². The number of hydrogen-bond donors (Lipinski definition) is 0. The molecule has 0 radical (unpaired) electrons. The molecule has 20 heavy (non-hydrogen) atoms. The van der Waals surface area contributed by atoms with Crippen molar-refractivity contribution in [3.05, 3.63) is 28.2 Å². The topological polar surface area (TPSA) is 32.8 Å². The molecule has 2 atom stereocenters. The average molecular weight is 341 g/mol. The molecule has 1 aromatic rings. The van der Waals surface area contributed by atoms with Gasteiger partial charge in [0.15, 0.2) is 0 Å². The summed E-state index contributed by atoms with van der Waals surface area (Å²) in [5, 5.41) is 0. The first-order chi connectivity index (χ1) is 9.43. The Bertz CT molecular complexity index is 505. The quantitative estimate of drug-likeness (QED) is 0.847. The van der Waals surface area contributed by atoms with Crippen molar-refractivity contribution in [3.8, 4) is 5.75 Å². The number of likely N-dealkylation sites (tertiary alicyclic amines) is 1. The maximum absolute atomic E-state index is 12.6. The van der Waals surface area contributed by atoms with Crippen LogP contribution in [0.15, 0.2) is 22.7 Å². The minimum atomic E-state index is 0.0875. The van der Waals surface area contributed by atoms with Gasteiger partial charge >= 0.3 is 0 Å². The normalized spacial score (nSPS) is 22.4. The molecule has 5 heteroatoms. The molecular weight excluding hydrogens is 320 g/mol. The van der Waals surface area contributed by atoms with Gasteiger partial charge in [-0.25, -0.2) is 0 Å². The summed E-state index contributed by atoms with van der Waals surface area (Å²) in [4.78, 5) is 16.7. The molecule has 1 aromatic carbocycles. The van der Waals surface area contributed by atoms with E-state index in [1.807, 2.05) is 23.1 Å². The first-order valence-corrected chi connectivity index (χ1v) is 7.52. The first-order valence-electron chi connectivity index (χ1n) is 6.73. The lowest BCUT2D eigenvalue weighted by atomic mass is 10.1.